The smallest absolute Gasteiger partial charge is 0.269 e. The van der Waals surface area contributed by atoms with Crippen LogP contribution in [0.2, 0.25) is 0 Å². The molecule has 3 heterocycles. The third kappa shape index (κ3) is 2.73. The molecule has 4 rings (SSSR count). The van der Waals surface area contributed by atoms with Crippen LogP contribution in [-0.2, 0) is 0 Å². The van der Waals surface area contributed by atoms with E-state index in [0.717, 1.165) is 22.0 Å². The van der Waals surface area contributed by atoms with Crippen molar-refractivity contribution in [2.24, 2.45) is 5.73 Å². The van der Waals surface area contributed by atoms with Gasteiger partial charge in [0, 0.05) is 22.7 Å². The molecule has 8 heteroatoms. The van der Waals surface area contributed by atoms with Crippen LogP contribution in [0.3, 0.4) is 0 Å². The van der Waals surface area contributed by atoms with Crippen molar-refractivity contribution < 1.29 is 4.79 Å². The summed E-state index contributed by atoms with van der Waals surface area (Å²) >= 11 is 0. The highest BCUT2D eigenvalue weighted by molar-refractivity contribution is 6.05. The molecule has 27 heavy (non-hydrogen) atoms. The molecule has 7 N–H and O–H groups in total. The van der Waals surface area contributed by atoms with Crippen LogP contribution in [0, 0.1) is 6.92 Å². The van der Waals surface area contributed by atoms with Gasteiger partial charge in [0.05, 0.1) is 23.1 Å². The standard InChI is InChI=1S/C19H17N7O/c1-9-2-3-13-12(8-24-26-13)16(9)11-7-14(10-4-5-23-15(20)6-10)25-18(17(11)21)19(22)27/h2-8H,21H2,1H3,(H2,20,23)(H2,22,27)(H,24,26). The number of aromatic nitrogens is 4. The number of aryl methyl sites for hydroxylation is 1. The molecular weight excluding hydrogens is 342 g/mol. The number of hydrogen-bond acceptors (Lipinski definition) is 6. The van der Waals surface area contributed by atoms with Crippen LogP contribution in [0.4, 0.5) is 11.5 Å². The number of carbonyl (C=O) groups excluding carboxylic acids is 1. The number of nitrogens with two attached hydrogens (primary N) is 3. The Morgan fingerprint density at radius 3 is 2.70 bits per heavy atom. The van der Waals surface area contributed by atoms with Crippen molar-refractivity contribution in [1.29, 1.82) is 0 Å². The van der Waals surface area contributed by atoms with Gasteiger partial charge in [-0.05, 0) is 42.3 Å². The molecule has 0 aliphatic rings. The second kappa shape index (κ2) is 6.10. The Hall–Kier alpha value is -3.94. The molecule has 0 radical (unpaired) electrons. The highest BCUT2D eigenvalue weighted by Gasteiger charge is 2.19. The molecule has 0 saturated carbocycles. The summed E-state index contributed by atoms with van der Waals surface area (Å²) in [6, 6.07) is 9.17. The third-order valence-corrected chi connectivity index (χ3v) is 4.47. The molecule has 0 aliphatic carbocycles. The zero-order chi connectivity index (χ0) is 19.1. The lowest BCUT2D eigenvalue weighted by Crippen LogP contribution is -2.17. The van der Waals surface area contributed by atoms with Gasteiger partial charge in [0.15, 0.2) is 5.69 Å². The maximum atomic E-state index is 12.0. The molecule has 1 amide bonds. The Kier molecular flexibility index (Phi) is 3.73. The number of fused-ring (bicyclic) bond motifs is 1. The molecule has 0 fully saturated rings. The molecule has 134 valence electrons. The van der Waals surface area contributed by atoms with E-state index >= 15 is 0 Å². The zero-order valence-electron chi connectivity index (χ0n) is 14.5. The summed E-state index contributed by atoms with van der Waals surface area (Å²) in [4.78, 5) is 20.3. The Bertz CT molecular complexity index is 1200. The van der Waals surface area contributed by atoms with Crippen molar-refractivity contribution in [3.63, 3.8) is 0 Å². The topological polar surface area (TPSA) is 150 Å². The Balaban J connectivity index is 2.07. The fourth-order valence-corrected chi connectivity index (χ4v) is 3.19. The largest absolute Gasteiger partial charge is 0.396 e. The monoisotopic (exact) mass is 359 g/mol. The molecule has 0 saturated heterocycles. The van der Waals surface area contributed by atoms with Gasteiger partial charge in [-0.1, -0.05) is 6.07 Å². The Labute approximate surface area is 154 Å². The normalized spacial score (nSPS) is 11.0. The molecule has 0 atom stereocenters. The molecule has 3 aromatic heterocycles. The number of carbonyl (C=O) groups is 1. The average Bonchev–Trinajstić information content (AvgIpc) is 3.11. The third-order valence-electron chi connectivity index (χ3n) is 4.47. The molecule has 0 aliphatic heterocycles. The number of benzene rings is 1. The minimum Gasteiger partial charge on any atom is -0.396 e. The van der Waals surface area contributed by atoms with Gasteiger partial charge in [-0.25, -0.2) is 9.97 Å². The average molecular weight is 359 g/mol. The number of pyridine rings is 2. The lowest BCUT2D eigenvalue weighted by Gasteiger charge is -2.15. The number of hydrogen-bond donors (Lipinski definition) is 4. The second-order valence-electron chi connectivity index (χ2n) is 6.24. The van der Waals surface area contributed by atoms with Gasteiger partial charge in [-0.15, -0.1) is 0 Å². The SMILES string of the molecule is Cc1ccc2[nH]ncc2c1-c1cc(-c2ccnc(N)c2)nc(C(N)=O)c1N. The van der Waals surface area contributed by atoms with Crippen molar-refractivity contribution in [2.75, 3.05) is 11.5 Å². The van der Waals surface area contributed by atoms with E-state index in [4.69, 9.17) is 17.2 Å². The first-order chi connectivity index (χ1) is 13.0. The minimum atomic E-state index is -0.699. The summed E-state index contributed by atoms with van der Waals surface area (Å²) in [5, 5.41) is 7.95. The van der Waals surface area contributed by atoms with E-state index in [1.54, 1.807) is 24.5 Å². The van der Waals surface area contributed by atoms with Crippen LogP contribution in [0.1, 0.15) is 16.1 Å². The number of primary amides is 1. The molecule has 1 aromatic carbocycles. The number of nitrogen functional groups attached to an aromatic ring is 2. The van der Waals surface area contributed by atoms with Crippen molar-refractivity contribution in [1.82, 2.24) is 20.2 Å². The Morgan fingerprint density at radius 1 is 1.15 bits per heavy atom. The van der Waals surface area contributed by atoms with Crippen molar-refractivity contribution >= 4 is 28.3 Å². The van der Waals surface area contributed by atoms with E-state index in [1.165, 1.54) is 0 Å². The first-order valence-electron chi connectivity index (χ1n) is 8.21. The number of rotatable bonds is 3. The van der Waals surface area contributed by atoms with Crippen LogP contribution in [0.15, 0.2) is 42.7 Å². The number of amides is 1. The van der Waals surface area contributed by atoms with E-state index in [1.807, 2.05) is 25.1 Å². The van der Waals surface area contributed by atoms with E-state index in [0.29, 0.717) is 22.6 Å². The summed E-state index contributed by atoms with van der Waals surface area (Å²) in [5.41, 5.74) is 22.5. The van der Waals surface area contributed by atoms with Crippen LogP contribution in [-0.4, -0.2) is 26.1 Å². The fourth-order valence-electron chi connectivity index (χ4n) is 3.19. The number of H-pyrrole nitrogens is 1. The van der Waals surface area contributed by atoms with E-state index < -0.39 is 5.91 Å². The molecule has 0 bridgehead atoms. The predicted molar refractivity (Wildman–Crippen MR) is 105 cm³/mol. The van der Waals surface area contributed by atoms with Crippen LogP contribution >= 0.6 is 0 Å². The van der Waals surface area contributed by atoms with Gasteiger partial charge in [0.25, 0.3) is 5.91 Å². The number of nitrogens with zero attached hydrogens (tertiary/aromatic N) is 3. The van der Waals surface area contributed by atoms with Crippen molar-refractivity contribution in [3.05, 3.63) is 54.0 Å². The lowest BCUT2D eigenvalue weighted by atomic mass is 9.94. The first kappa shape index (κ1) is 16.5. The summed E-state index contributed by atoms with van der Waals surface area (Å²) < 4.78 is 0. The number of aromatic amines is 1. The van der Waals surface area contributed by atoms with Gasteiger partial charge in [0.1, 0.15) is 5.82 Å². The van der Waals surface area contributed by atoms with Gasteiger partial charge in [-0.2, -0.15) is 5.10 Å². The van der Waals surface area contributed by atoms with Crippen LogP contribution in [0.25, 0.3) is 33.3 Å². The zero-order valence-corrected chi connectivity index (χ0v) is 14.5. The van der Waals surface area contributed by atoms with E-state index in [2.05, 4.69) is 20.2 Å². The predicted octanol–water partition coefficient (Wildman–Crippen LogP) is 2.26. The minimum absolute atomic E-state index is 0.0118. The first-order valence-corrected chi connectivity index (χ1v) is 8.21. The van der Waals surface area contributed by atoms with E-state index in [9.17, 15) is 4.79 Å². The van der Waals surface area contributed by atoms with Crippen LogP contribution < -0.4 is 17.2 Å². The molecule has 0 unspecified atom stereocenters. The maximum absolute atomic E-state index is 12.0. The van der Waals surface area contributed by atoms with Crippen LogP contribution in [0.5, 0.6) is 0 Å². The van der Waals surface area contributed by atoms with Crippen molar-refractivity contribution in [3.8, 4) is 22.4 Å². The number of nitrogens with one attached hydrogen (secondary N) is 1. The summed E-state index contributed by atoms with van der Waals surface area (Å²) in [6.45, 7) is 1.97. The Morgan fingerprint density at radius 2 is 1.96 bits per heavy atom. The number of anilines is 2. The maximum Gasteiger partial charge on any atom is 0.269 e. The van der Waals surface area contributed by atoms with Gasteiger partial charge in [-0.3, -0.25) is 9.89 Å². The highest BCUT2D eigenvalue weighted by atomic mass is 16.1. The quantitative estimate of drug-likeness (QED) is 0.440. The van der Waals surface area contributed by atoms with Gasteiger partial charge >= 0.3 is 0 Å². The molecular formula is C19H17N7O. The summed E-state index contributed by atoms with van der Waals surface area (Å²) in [6.07, 6.45) is 3.31. The lowest BCUT2D eigenvalue weighted by molar-refractivity contribution is 0.0996. The van der Waals surface area contributed by atoms with Gasteiger partial charge in [0.2, 0.25) is 0 Å². The van der Waals surface area contributed by atoms with Gasteiger partial charge < -0.3 is 17.2 Å². The van der Waals surface area contributed by atoms with E-state index in [-0.39, 0.29) is 11.4 Å². The second-order valence-corrected chi connectivity index (χ2v) is 6.24. The molecule has 8 nitrogen and oxygen atoms in total. The fraction of sp³-hybridized carbons (Fsp3) is 0.0526. The summed E-state index contributed by atoms with van der Waals surface area (Å²) in [7, 11) is 0. The summed E-state index contributed by atoms with van der Waals surface area (Å²) in [5.74, 6) is -0.351. The molecule has 4 aromatic rings. The van der Waals surface area contributed by atoms with Crippen molar-refractivity contribution in [2.45, 2.75) is 6.92 Å². The molecule has 0 spiro atoms. The highest BCUT2D eigenvalue weighted by Crippen LogP contribution is 2.37.